The van der Waals surface area contributed by atoms with Gasteiger partial charge in [0.15, 0.2) is 17.5 Å². The highest BCUT2D eigenvalue weighted by molar-refractivity contribution is 6.17. The van der Waals surface area contributed by atoms with Crippen LogP contribution in [0.3, 0.4) is 0 Å². The van der Waals surface area contributed by atoms with E-state index in [9.17, 15) is 30.0 Å². The third kappa shape index (κ3) is 8.19. The Hall–Kier alpha value is -4.26. The molecule has 12 nitrogen and oxygen atoms in total. The Morgan fingerprint density at radius 3 is 2.40 bits per heavy atom. The number of likely N-dealkylation sites (tertiary alicyclic amines) is 1. The third-order valence-corrected chi connectivity index (χ3v) is 10.5. The molecule has 4 atom stereocenters. The maximum absolute atomic E-state index is 14.2. The first-order valence-electron chi connectivity index (χ1n) is 18.5. The monoisotopic (exact) mass is 717 g/mol. The predicted octanol–water partition coefficient (Wildman–Crippen LogP) is 4.80. The van der Waals surface area contributed by atoms with Crippen molar-refractivity contribution in [3.8, 4) is 17.2 Å². The number of aromatic hydroxyl groups is 3. The molecule has 3 aliphatic rings. The number of Topliss-reactive ketones (excluding diaryl/α,β-unsaturated/α-hetero) is 1. The molecule has 12 heteroatoms. The number of ether oxygens (including phenoxy) is 1. The lowest BCUT2D eigenvalue weighted by atomic mass is 9.92. The van der Waals surface area contributed by atoms with Gasteiger partial charge in [0.1, 0.15) is 22.5 Å². The molecule has 7 N–H and O–H groups in total. The van der Waals surface area contributed by atoms with Gasteiger partial charge in [-0.1, -0.05) is 39.0 Å². The van der Waals surface area contributed by atoms with Crippen LogP contribution in [-0.2, 0) is 9.53 Å². The van der Waals surface area contributed by atoms with Crippen molar-refractivity contribution in [1.29, 1.82) is 0 Å². The molecule has 1 saturated heterocycles. The third-order valence-electron chi connectivity index (χ3n) is 10.5. The molecule has 0 aliphatic carbocycles. The number of ketones is 1. The number of carbonyl (C=O) groups excluding carboxylic acids is 2. The number of allylic oxidation sites excluding steroid dienone is 4. The van der Waals surface area contributed by atoms with Crippen molar-refractivity contribution in [2.45, 2.75) is 110 Å². The molecule has 5 rings (SSSR count). The number of rotatable bonds is 2. The van der Waals surface area contributed by atoms with Gasteiger partial charge >= 0.3 is 0 Å². The summed E-state index contributed by atoms with van der Waals surface area (Å²) in [7, 11) is 0. The normalized spacial score (nSPS) is 27.3. The lowest BCUT2D eigenvalue weighted by Gasteiger charge is -2.36. The van der Waals surface area contributed by atoms with Gasteiger partial charge in [-0.05, 0) is 70.8 Å². The zero-order chi connectivity index (χ0) is 37.9. The van der Waals surface area contributed by atoms with Crippen molar-refractivity contribution >= 4 is 28.2 Å². The number of aliphatic hydroxyl groups is 1. The molecule has 3 unspecified atom stereocenters. The van der Waals surface area contributed by atoms with Crippen LogP contribution in [0.25, 0.3) is 10.8 Å². The number of hydrogen-bond donors (Lipinski definition) is 6. The first-order valence-corrected chi connectivity index (χ1v) is 18.5. The number of fused-ring (bicyclic) bond motifs is 3. The lowest BCUT2D eigenvalue weighted by molar-refractivity contribution is -0.112. The quantitative estimate of drug-likeness (QED) is 0.237. The van der Waals surface area contributed by atoms with Crippen molar-refractivity contribution in [3.05, 3.63) is 58.0 Å². The fourth-order valence-electron chi connectivity index (χ4n) is 7.26. The van der Waals surface area contributed by atoms with E-state index in [1.54, 1.807) is 32.1 Å². The zero-order valence-electron chi connectivity index (χ0n) is 31.3. The highest BCUT2D eigenvalue weighted by Gasteiger charge is 2.39. The van der Waals surface area contributed by atoms with Crippen LogP contribution in [0.15, 0.2) is 46.1 Å². The van der Waals surface area contributed by atoms with Crippen molar-refractivity contribution in [1.82, 2.24) is 4.90 Å². The van der Waals surface area contributed by atoms with E-state index in [2.05, 4.69) is 24.1 Å². The minimum absolute atomic E-state index is 0.0228. The van der Waals surface area contributed by atoms with Gasteiger partial charge in [-0.15, -0.1) is 0 Å². The van der Waals surface area contributed by atoms with E-state index in [0.29, 0.717) is 50.0 Å². The Morgan fingerprint density at radius 1 is 1.02 bits per heavy atom. The lowest BCUT2D eigenvalue weighted by Crippen LogP contribution is -2.43. The average molecular weight is 718 g/mol. The van der Waals surface area contributed by atoms with E-state index in [1.807, 2.05) is 13.0 Å². The highest BCUT2D eigenvalue weighted by Crippen LogP contribution is 2.45. The summed E-state index contributed by atoms with van der Waals surface area (Å²) in [5.41, 5.74) is 5.60. The van der Waals surface area contributed by atoms with Crippen LogP contribution in [0.4, 0.5) is 5.69 Å². The SMILES string of the molecule is C/C1=C/C=C/CCCC(O)CC(N)[C@H](C)C/C=C/OC(C)C(=O)c2c(O)c(C)c(O)c3c(O)c(c4c(c23)=NC2(CCN(CC(C)C)CC2)N=4)NC1=O. The van der Waals surface area contributed by atoms with Gasteiger partial charge in [-0.3, -0.25) is 19.6 Å². The second kappa shape index (κ2) is 16.2. The van der Waals surface area contributed by atoms with E-state index in [4.69, 9.17) is 20.5 Å². The standard InChI is InChI=1S/C40H55N5O7/c1-22(2)21-45-17-15-40(16-18-45)43-32-29-30-35(47)25(5)36(48)31(29)38(50)34(33(32)44-40)42-39(51)24(4)12-9-7-8-10-14-27(46)20-28(41)23(3)13-11-19-52-26(6)37(30)49/h7,9,11-12,19,22-23,26-28,46-48,50H,8,10,13-18,20-21,41H2,1-6H3,(H,42,51)/b9-7+,19-11+,24-12-/t23-,26?,27?,28?/m1/s1. The summed E-state index contributed by atoms with van der Waals surface area (Å²) in [6, 6.07) is -0.244. The van der Waals surface area contributed by atoms with E-state index in [-0.39, 0.29) is 50.3 Å². The van der Waals surface area contributed by atoms with Gasteiger partial charge in [0, 0.05) is 55.0 Å². The number of phenols is 3. The summed E-state index contributed by atoms with van der Waals surface area (Å²) in [5.74, 6) is -1.96. The molecule has 2 aromatic carbocycles. The number of nitrogens with one attached hydrogen (secondary N) is 1. The number of amides is 1. The number of nitrogens with two attached hydrogens (primary N) is 1. The van der Waals surface area contributed by atoms with Gasteiger partial charge in [0.05, 0.1) is 28.7 Å². The fourth-order valence-corrected chi connectivity index (χ4v) is 7.26. The van der Waals surface area contributed by atoms with Crippen molar-refractivity contribution < 1.29 is 34.8 Å². The second-order valence-electron chi connectivity index (χ2n) is 15.2. The van der Waals surface area contributed by atoms with Crippen LogP contribution < -0.4 is 21.8 Å². The minimum Gasteiger partial charge on any atom is -0.507 e. The summed E-state index contributed by atoms with van der Waals surface area (Å²) in [6.45, 7) is 13.3. The van der Waals surface area contributed by atoms with Crippen LogP contribution in [-0.4, -0.2) is 80.6 Å². The van der Waals surface area contributed by atoms with Gasteiger partial charge < -0.3 is 41.1 Å². The van der Waals surface area contributed by atoms with Crippen LogP contribution in [0.1, 0.15) is 95.5 Å². The maximum atomic E-state index is 14.2. The number of phenolic OH excluding ortho intramolecular Hbond substituents is 3. The molecule has 3 aliphatic heterocycles. The molecule has 52 heavy (non-hydrogen) atoms. The van der Waals surface area contributed by atoms with Crippen LogP contribution in [0.2, 0.25) is 0 Å². The van der Waals surface area contributed by atoms with E-state index in [0.717, 1.165) is 26.1 Å². The smallest absolute Gasteiger partial charge is 0.251 e. The topological polar surface area (TPSA) is 190 Å². The summed E-state index contributed by atoms with van der Waals surface area (Å²) < 4.78 is 5.84. The van der Waals surface area contributed by atoms with Crippen molar-refractivity contribution in [2.24, 2.45) is 27.6 Å². The van der Waals surface area contributed by atoms with E-state index < -0.39 is 46.8 Å². The van der Waals surface area contributed by atoms with Gasteiger partial charge in [0.25, 0.3) is 5.91 Å². The minimum atomic E-state index is -1.07. The first kappa shape index (κ1) is 39.0. The predicted molar refractivity (Wildman–Crippen MR) is 201 cm³/mol. The summed E-state index contributed by atoms with van der Waals surface area (Å²) in [4.78, 5) is 40.3. The Bertz CT molecular complexity index is 1910. The summed E-state index contributed by atoms with van der Waals surface area (Å²) in [6.07, 6.45) is 11.1. The molecular formula is C40H55N5O7. The van der Waals surface area contributed by atoms with E-state index >= 15 is 0 Å². The number of anilines is 1. The number of nitrogens with zero attached hydrogens (tertiary/aromatic N) is 3. The number of carbonyl (C=O) groups is 2. The molecule has 282 valence electrons. The van der Waals surface area contributed by atoms with E-state index in [1.165, 1.54) is 13.2 Å². The largest absolute Gasteiger partial charge is 0.507 e. The molecule has 1 fully saturated rings. The van der Waals surface area contributed by atoms with Crippen LogP contribution >= 0.6 is 0 Å². The van der Waals surface area contributed by atoms with Gasteiger partial charge in [-0.25, -0.2) is 0 Å². The number of hydrogen-bond acceptors (Lipinski definition) is 11. The number of piperidine rings is 1. The zero-order valence-corrected chi connectivity index (χ0v) is 31.3. The highest BCUT2D eigenvalue weighted by atomic mass is 16.5. The number of aliphatic hydroxyl groups excluding tert-OH is 1. The maximum Gasteiger partial charge on any atom is 0.251 e. The number of benzene rings is 2. The molecule has 0 aromatic heterocycles. The Morgan fingerprint density at radius 2 is 1.71 bits per heavy atom. The molecule has 2 aromatic rings. The molecule has 3 heterocycles. The molecule has 0 saturated carbocycles. The Balaban J connectivity index is 1.68. The first-order chi connectivity index (χ1) is 24.6. The van der Waals surface area contributed by atoms with Crippen molar-refractivity contribution in [3.63, 3.8) is 0 Å². The molecule has 0 radical (unpaired) electrons. The average Bonchev–Trinajstić information content (AvgIpc) is 3.47. The van der Waals surface area contributed by atoms with Crippen LogP contribution in [0, 0.1) is 18.8 Å². The Kier molecular flexibility index (Phi) is 12.1. The van der Waals surface area contributed by atoms with Gasteiger partial charge in [-0.2, -0.15) is 0 Å². The molecule has 1 amide bonds. The summed E-state index contributed by atoms with van der Waals surface area (Å²) >= 11 is 0. The Labute approximate surface area is 305 Å². The summed E-state index contributed by atoms with van der Waals surface area (Å²) in [5, 5.41) is 48.5. The molecular weight excluding hydrogens is 662 g/mol. The fraction of sp³-hybridized carbons (Fsp3) is 0.550. The second-order valence-corrected chi connectivity index (χ2v) is 15.2. The van der Waals surface area contributed by atoms with Gasteiger partial charge in [0.2, 0.25) is 5.78 Å². The molecule has 4 bridgehead atoms. The van der Waals surface area contributed by atoms with Crippen LogP contribution in [0.5, 0.6) is 17.2 Å². The van der Waals surface area contributed by atoms with Crippen molar-refractivity contribution in [2.75, 3.05) is 25.0 Å². The molecule has 1 spiro atoms.